The zero-order chi connectivity index (χ0) is 25.4. The molecule has 2 aromatic heterocycles. The van der Waals surface area contributed by atoms with Crippen LogP contribution in [0.15, 0.2) is 24.4 Å². The standard InChI is InChI=1S/C16H17Cl2N7O.C2HF3O2/c1-16(2,3)9-25(14-4-5-20-13(8-19)23-14)24-15(26)21-10-6-11(17)22-12(18)7-10;3-2(4,5)1(6)7/h4-7H,9H2,1-3H3,(H2,21,22,24,26);(H,6,7). The molecule has 3 N–H and O–H groups in total. The molecule has 0 aliphatic rings. The van der Waals surface area contributed by atoms with Gasteiger partial charge in [-0.05, 0) is 17.5 Å². The molecular weight excluding hydrogens is 490 g/mol. The van der Waals surface area contributed by atoms with Gasteiger partial charge in [-0.1, -0.05) is 44.0 Å². The number of carboxylic acids is 1. The third kappa shape index (κ3) is 10.7. The number of rotatable bonds is 4. The first-order chi connectivity index (χ1) is 15.1. The van der Waals surface area contributed by atoms with Gasteiger partial charge in [-0.25, -0.2) is 25.0 Å². The Labute approximate surface area is 196 Å². The number of nitriles is 1. The predicted molar refractivity (Wildman–Crippen MR) is 114 cm³/mol. The zero-order valence-electron chi connectivity index (χ0n) is 17.4. The summed E-state index contributed by atoms with van der Waals surface area (Å²) < 4.78 is 31.7. The number of hydrogen-bond donors (Lipinski definition) is 3. The number of aromatic nitrogens is 3. The summed E-state index contributed by atoms with van der Waals surface area (Å²) in [4.78, 5) is 33.1. The summed E-state index contributed by atoms with van der Waals surface area (Å²) >= 11 is 11.7. The fourth-order valence-corrected chi connectivity index (χ4v) is 2.48. The van der Waals surface area contributed by atoms with Crippen molar-refractivity contribution in [2.45, 2.75) is 26.9 Å². The molecule has 0 atom stereocenters. The molecule has 0 bridgehead atoms. The summed E-state index contributed by atoms with van der Waals surface area (Å²) in [6.45, 7) is 6.47. The minimum Gasteiger partial charge on any atom is -0.475 e. The molecule has 0 fully saturated rings. The first-order valence-electron chi connectivity index (χ1n) is 8.82. The van der Waals surface area contributed by atoms with Crippen molar-refractivity contribution in [3.63, 3.8) is 0 Å². The molecule has 2 aromatic rings. The SMILES string of the molecule is CC(C)(C)CN(NC(=O)Nc1cc(Cl)nc(Cl)c1)c1ccnc(C#N)n1.O=C(O)C(F)(F)F. The molecule has 15 heteroatoms. The molecule has 0 unspecified atom stereocenters. The number of hydrogen-bond acceptors (Lipinski definition) is 7. The van der Waals surface area contributed by atoms with Crippen LogP contribution in [0, 0.1) is 16.7 Å². The topological polar surface area (TPSA) is 144 Å². The van der Waals surface area contributed by atoms with Crippen LogP contribution in [0.4, 0.5) is 29.5 Å². The van der Waals surface area contributed by atoms with Crippen LogP contribution >= 0.6 is 23.2 Å². The third-order valence-electron chi connectivity index (χ3n) is 3.15. The average Bonchev–Trinajstić information content (AvgIpc) is 2.65. The Kier molecular flexibility index (Phi) is 9.63. The van der Waals surface area contributed by atoms with Crippen LogP contribution in [0.3, 0.4) is 0 Å². The number of amides is 2. The molecule has 2 rings (SSSR count). The van der Waals surface area contributed by atoms with Crippen molar-refractivity contribution >= 4 is 46.7 Å². The van der Waals surface area contributed by atoms with Crippen LogP contribution in [0.2, 0.25) is 10.3 Å². The highest BCUT2D eigenvalue weighted by molar-refractivity contribution is 6.32. The number of nitrogens with zero attached hydrogens (tertiary/aromatic N) is 5. The van der Waals surface area contributed by atoms with Crippen LogP contribution in [0.25, 0.3) is 0 Å². The lowest BCUT2D eigenvalue weighted by Crippen LogP contribution is -2.48. The molecule has 0 saturated heterocycles. The van der Waals surface area contributed by atoms with Crippen LogP contribution in [0.5, 0.6) is 0 Å². The van der Waals surface area contributed by atoms with Crippen molar-refractivity contribution in [1.82, 2.24) is 20.4 Å². The fourth-order valence-electron chi connectivity index (χ4n) is 2.02. The number of halogens is 5. The molecule has 178 valence electrons. The molecule has 33 heavy (non-hydrogen) atoms. The Hall–Kier alpha value is -3.37. The van der Waals surface area contributed by atoms with Crippen LogP contribution in [-0.4, -0.2) is 44.8 Å². The molecule has 0 aliphatic heterocycles. The number of alkyl halides is 3. The Morgan fingerprint density at radius 1 is 1.18 bits per heavy atom. The second-order valence-corrected chi connectivity index (χ2v) is 8.14. The summed E-state index contributed by atoms with van der Waals surface area (Å²) in [5, 5.41) is 20.6. The Balaban J connectivity index is 0.000000675. The van der Waals surface area contributed by atoms with E-state index >= 15 is 0 Å². The largest absolute Gasteiger partial charge is 0.490 e. The van der Waals surface area contributed by atoms with E-state index in [0.29, 0.717) is 18.1 Å². The normalized spacial score (nSPS) is 10.9. The number of nitrogens with one attached hydrogen (secondary N) is 2. The van der Waals surface area contributed by atoms with Gasteiger partial charge in [0.2, 0.25) is 5.82 Å². The second-order valence-electron chi connectivity index (χ2n) is 7.37. The third-order valence-corrected chi connectivity index (χ3v) is 3.54. The van der Waals surface area contributed by atoms with Crippen LogP contribution in [-0.2, 0) is 4.79 Å². The number of urea groups is 1. The van der Waals surface area contributed by atoms with E-state index in [-0.39, 0.29) is 21.5 Å². The highest BCUT2D eigenvalue weighted by Crippen LogP contribution is 2.20. The molecule has 0 aromatic carbocycles. The van der Waals surface area contributed by atoms with Crippen molar-refractivity contribution in [3.05, 3.63) is 40.5 Å². The van der Waals surface area contributed by atoms with Gasteiger partial charge in [0.1, 0.15) is 16.4 Å². The molecule has 0 spiro atoms. The first kappa shape index (κ1) is 27.7. The van der Waals surface area contributed by atoms with Crippen molar-refractivity contribution in [2.24, 2.45) is 5.41 Å². The van der Waals surface area contributed by atoms with Crippen molar-refractivity contribution in [2.75, 3.05) is 16.9 Å². The lowest BCUT2D eigenvalue weighted by Gasteiger charge is -2.30. The summed E-state index contributed by atoms with van der Waals surface area (Å²) in [6.07, 6.45) is -3.63. The van der Waals surface area contributed by atoms with Crippen molar-refractivity contribution in [1.29, 1.82) is 5.26 Å². The molecule has 0 saturated carbocycles. The minimum absolute atomic E-state index is 0.0105. The van der Waals surface area contributed by atoms with Gasteiger partial charge in [-0.15, -0.1) is 0 Å². The van der Waals surface area contributed by atoms with E-state index < -0.39 is 18.2 Å². The lowest BCUT2D eigenvalue weighted by atomic mass is 9.97. The van der Waals surface area contributed by atoms with Crippen molar-refractivity contribution in [3.8, 4) is 6.07 Å². The zero-order valence-corrected chi connectivity index (χ0v) is 18.9. The van der Waals surface area contributed by atoms with E-state index in [1.807, 2.05) is 26.8 Å². The number of carbonyl (C=O) groups excluding carboxylic acids is 1. The predicted octanol–water partition coefficient (Wildman–Crippen LogP) is 4.27. The molecule has 2 amide bonds. The number of aliphatic carboxylic acids is 1. The van der Waals surface area contributed by atoms with Gasteiger partial charge in [-0.3, -0.25) is 5.01 Å². The molecule has 10 nitrogen and oxygen atoms in total. The van der Waals surface area contributed by atoms with Gasteiger partial charge in [-0.2, -0.15) is 23.4 Å². The number of carboxylic acid groups (broad SMARTS) is 1. The quantitative estimate of drug-likeness (QED) is 0.410. The summed E-state index contributed by atoms with van der Waals surface area (Å²) in [5.41, 5.74) is 2.94. The Morgan fingerprint density at radius 3 is 2.18 bits per heavy atom. The maximum atomic E-state index is 12.4. The van der Waals surface area contributed by atoms with E-state index in [4.69, 9.17) is 38.4 Å². The summed E-state index contributed by atoms with van der Waals surface area (Å²) in [7, 11) is 0. The first-order valence-corrected chi connectivity index (χ1v) is 9.58. The number of carbonyl (C=O) groups is 2. The Bertz CT molecular complexity index is 1020. The lowest BCUT2D eigenvalue weighted by molar-refractivity contribution is -0.192. The maximum Gasteiger partial charge on any atom is 0.490 e. The van der Waals surface area contributed by atoms with Crippen LogP contribution < -0.4 is 15.8 Å². The second kappa shape index (κ2) is 11.5. The highest BCUT2D eigenvalue weighted by Gasteiger charge is 2.38. The summed E-state index contributed by atoms with van der Waals surface area (Å²) in [6, 6.07) is 5.90. The fraction of sp³-hybridized carbons (Fsp3) is 0.333. The van der Waals surface area contributed by atoms with E-state index in [9.17, 15) is 18.0 Å². The minimum atomic E-state index is -5.08. The van der Waals surface area contributed by atoms with Gasteiger partial charge in [0.15, 0.2) is 5.82 Å². The molecule has 0 radical (unpaired) electrons. The summed E-state index contributed by atoms with van der Waals surface area (Å²) in [5.74, 6) is -2.35. The van der Waals surface area contributed by atoms with E-state index in [1.54, 1.807) is 11.1 Å². The van der Waals surface area contributed by atoms with E-state index in [1.165, 1.54) is 18.3 Å². The van der Waals surface area contributed by atoms with Crippen molar-refractivity contribution < 1.29 is 27.9 Å². The number of hydrazine groups is 1. The smallest absolute Gasteiger partial charge is 0.475 e. The Morgan fingerprint density at radius 2 is 1.73 bits per heavy atom. The highest BCUT2D eigenvalue weighted by atomic mass is 35.5. The van der Waals surface area contributed by atoms with Gasteiger partial charge < -0.3 is 10.4 Å². The van der Waals surface area contributed by atoms with Gasteiger partial charge >= 0.3 is 18.2 Å². The van der Waals surface area contributed by atoms with Gasteiger partial charge in [0.05, 0.1) is 0 Å². The van der Waals surface area contributed by atoms with Gasteiger partial charge in [0.25, 0.3) is 0 Å². The van der Waals surface area contributed by atoms with E-state index in [2.05, 4.69) is 25.7 Å². The monoisotopic (exact) mass is 507 g/mol. The molecule has 0 aliphatic carbocycles. The van der Waals surface area contributed by atoms with E-state index in [0.717, 1.165) is 0 Å². The number of anilines is 2. The van der Waals surface area contributed by atoms with Gasteiger partial charge in [0, 0.05) is 24.5 Å². The van der Waals surface area contributed by atoms with Crippen LogP contribution in [0.1, 0.15) is 26.6 Å². The molecule has 2 heterocycles. The average molecular weight is 508 g/mol. The maximum absolute atomic E-state index is 12.4. The molecular formula is C18H18Cl2F3N7O3. The number of pyridine rings is 1.